The van der Waals surface area contributed by atoms with Crippen LogP contribution in [-0.4, -0.2) is 28.5 Å². The Morgan fingerprint density at radius 3 is 2.90 bits per heavy atom. The van der Waals surface area contributed by atoms with E-state index in [9.17, 15) is 9.59 Å². The summed E-state index contributed by atoms with van der Waals surface area (Å²) >= 11 is 1.28. The molecule has 0 aliphatic heterocycles. The van der Waals surface area contributed by atoms with Crippen LogP contribution in [0.3, 0.4) is 0 Å². The minimum atomic E-state index is -1.09. The minimum Gasteiger partial charge on any atom is -0.480 e. The zero-order chi connectivity index (χ0) is 14.5. The minimum absolute atomic E-state index is 0.200. The van der Waals surface area contributed by atoms with E-state index < -0.39 is 18.4 Å². The zero-order valence-electron chi connectivity index (χ0n) is 10.7. The van der Waals surface area contributed by atoms with Gasteiger partial charge >= 0.3 is 5.97 Å². The third-order valence-corrected chi connectivity index (χ3v) is 3.16. The van der Waals surface area contributed by atoms with Crippen LogP contribution in [0.25, 0.3) is 0 Å². The number of amides is 1. The molecule has 0 saturated carbocycles. The maximum atomic E-state index is 11.6. The van der Waals surface area contributed by atoms with Gasteiger partial charge in [-0.05, 0) is 24.6 Å². The number of thiazole rings is 1. The van der Waals surface area contributed by atoms with Crippen LogP contribution >= 0.6 is 11.3 Å². The first-order chi connectivity index (χ1) is 9.54. The van der Waals surface area contributed by atoms with Crippen molar-refractivity contribution < 1.29 is 14.7 Å². The molecule has 1 heterocycles. The van der Waals surface area contributed by atoms with Crippen LogP contribution < -0.4 is 10.6 Å². The highest BCUT2D eigenvalue weighted by Crippen LogP contribution is 2.21. The summed E-state index contributed by atoms with van der Waals surface area (Å²) in [5, 5.41) is 16.0. The van der Waals surface area contributed by atoms with Gasteiger partial charge in [-0.25, -0.2) is 4.98 Å². The van der Waals surface area contributed by atoms with Crippen LogP contribution in [0.15, 0.2) is 29.6 Å². The standard InChI is InChI=1S/C13H13N3O3S/c1-8-3-2-4-9(5-8)15-13-16-10(7-20-13)12(19)14-6-11(17)18/h2-5,7H,6H2,1H3,(H,14,19)(H,15,16)(H,17,18). The van der Waals surface area contributed by atoms with E-state index in [4.69, 9.17) is 5.11 Å². The van der Waals surface area contributed by atoms with Crippen molar-refractivity contribution in [2.45, 2.75) is 6.92 Å². The molecule has 2 aromatic rings. The molecule has 0 radical (unpaired) electrons. The van der Waals surface area contributed by atoms with E-state index >= 15 is 0 Å². The molecule has 0 spiro atoms. The van der Waals surface area contributed by atoms with Crippen LogP contribution in [0.2, 0.25) is 0 Å². The molecule has 1 amide bonds. The smallest absolute Gasteiger partial charge is 0.322 e. The summed E-state index contributed by atoms with van der Waals surface area (Å²) in [4.78, 5) is 26.1. The van der Waals surface area contributed by atoms with E-state index in [0.29, 0.717) is 5.13 Å². The molecule has 0 atom stereocenters. The number of aryl methyl sites for hydroxylation is 1. The van der Waals surface area contributed by atoms with Gasteiger partial charge in [-0.15, -0.1) is 11.3 Å². The van der Waals surface area contributed by atoms with E-state index in [0.717, 1.165) is 11.3 Å². The van der Waals surface area contributed by atoms with E-state index in [-0.39, 0.29) is 5.69 Å². The fourth-order valence-electron chi connectivity index (χ4n) is 1.53. The average Bonchev–Trinajstić information content (AvgIpc) is 2.84. The second-order valence-electron chi connectivity index (χ2n) is 4.11. The summed E-state index contributed by atoms with van der Waals surface area (Å²) in [5.74, 6) is -1.59. The third kappa shape index (κ3) is 3.79. The zero-order valence-corrected chi connectivity index (χ0v) is 11.5. The van der Waals surface area contributed by atoms with Gasteiger partial charge in [-0.2, -0.15) is 0 Å². The molecule has 6 nitrogen and oxygen atoms in total. The number of aromatic nitrogens is 1. The molecule has 3 N–H and O–H groups in total. The largest absolute Gasteiger partial charge is 0.480 e. The van der Waals surface area contributed by atoms with Crippen LogP contribution in [0.5, 0.6) is 0 Å². The Balaban J connectivity index is 2.02. The van der Waals surface area contributed by atoms with Gasteiger partial charge in [-0.3, -0.25) is 9.59 Å². The predicted octanol–water partition coefficient (Wildman–Crippen LogP) is 2.01. The van der Waals surface area contributed by atoms with E-state index in [1.807, 2.05) is 31.2 Å². The maximum Gasteiger partial charge on any atom is 0.322 e. The summed E-state index contributed by atoms with van der Waals surface area (Å²) in [6, 6.07) is 7.77. The number of nitrogens with zero attached hydrogens (tertiary/aromatic N) is 1. The molecule has 104 valence electrons. The number of carbonyl (C=O) groups is 2. The lowest BCUT2D eigenvalue weighted by atomic mass is 10.2. The molecular weight excluding hydrogens is 278 g/mol. The number of rotatable bonds is 5. The summed E-state index contributed by atoms with van der Waals surface area (Å²) < 4.78 is 0. The van der Waals surface area contributed by atoms with Crippen molar-refractivity contribution in [3.8, 4) is 0 Å². The molecule has 0 aliphatic carbocycles. The Labute approximate surface area is 119 Å². The Hall–Kier alpha value is -2.41. The highest BCUT2D eigenvalue weighted by atomic mass is 32.1. The molecule has 0 unspecified atom stereocenters. The SMILES string of the molecule is Cc1cccc(Nc2nc(C(=O)NCC(=O)O)cs2)c1. The number of anilines is 2. The average molecular weight is 291 g/mol. The lowest BCUT2D eigenvalue weighted by Crippen LogP contribution is -2.29. The van der Waals surface area contributed by atoms with Gasteiger partial charge in [0.25, 0.3) is 5.91 Å². The molecule has 0 fully saturated rings. The van der Waals surface area contributed by atoms with Crippen LogP contribution in [0, 0.1) is 6.92 Å². The number of nitrogens with one attached hydrogen (secondary N) is 2. The Kier molecular flexibility index (Phi) is 4.31. The molecule has 0 saturated heterocycles. The topological polar surface area (TPSA) is 91.3 Å². The van der Waals surface area contributed by atoms with Crippen molar-refractivity contribution in [2.75, 3.05) is 11.9 Å². The number of carboxylic acid groups (broad SMARTS) is 1. The van der Waals surface area contributed by atoms with Gasteiger partial charge in [0.05, 0.1) is 0 Å². The quantitative estimate of drug-likeness (QED) is 0.784. The lowest BCUT2D eigenvalue weighted by Gasteiger charge is -2.03. The van der Waals surface area contributed by atoms with E-state index in [1.54, 1.807) is 5.38 Å². The van der Waals surface area contributed by atoms with Gasteiger partial charge in [0, 0.05) is 11.1 Å². The van der Waals surface area contributed by atoms with Crippen molar-refractivity contribution in [1.82, 2.24) is 10.3 Å². The molecule has 2 rings (SSSR count). The maximum absolute atomic E-state index is 11.6. The predicted molar refractivity (Wildman–Crippen MR) is 76.5 cm³/mol. The molecular formula is C13H13N3O3S. The number of hydrogen-bond acceptors (Lipinski definition) is 5. The number of hydrogen-bond donors (Lipinski definition) is 3. The monoisotopic (exact) mass is 291 g/mol. The van der Waals surface area contributed by atoms with Crippen LogP contribution in [0.4, 0.5) is 10.8 Å². The molecule has 20 heavy (non-hydrogen) atoms. The number of carboxylic acids is 1. The van der Waals surface area contributed by atoms with Gasteiger partial charge in [0.1, 0.15) is 12.2 Å². The van der Waals surface area contributed by atoms with Crippen molar-refractivity contribution in [1.29, 1.82) is 0 Å². The Morgan fingerprint density at radius 2 is 2.20 bits per heavy atom. The Morgan fingerprint density at radius 1 is 1.40 bits per heavy atom. The molecule has 7 heteroatoms. The summed E-state index contributed by atoms with van der Waals surface area (Å²) in [6.45, 7) is 1.56. The second-order valence-corrected chi connectivity index (χ2v) is 4.97. The van der Waals surface area contributed by atoms with E-state index in [2.05, 4.69) is 15.6 Å². The second kappa shape index (κ2) is 6.16. The number of benzene rings is 1. The first-order valence-electron chi connectivity index (χ1n) is 5.84. The third-order valence-electron chi connectivity index (χ3n) is 2.41. The van der Waals surface area contributed by atoms with Gasteiger partial charge < -0.3 is 15.7 Å². The highest BCUT2D eigenvalue weighted by Gasteiger charge is 2.11. The molecule has 1 aromatic heterocycles. The van der Waals surface area contributed by atoms with Crippen LogP contribution in [0.1, 0.15) is 16.1 Å². The van der Waals surface area contributed by atoms with Crippen molar-refractivity contribution in [2.24, 2.45) is 0 Å². The number of aliphatic carboxylic acids is 1. The normalized spacial score (nSPS) is 10.1. The first kappa shape index (κ1) is 14.0. The fourth-order valence-corrected chi connectivity index (χ4v) is 2.24. The summed E-state index contributed by atoms with van der Waals surface area (Å²) in [6.07, 6.45) is 0. The van der Waals surface area contributed by atoms with Crippen molar-refractivity contribution in [3.05, 3.63) is 40.9 Å². The van der Waals surface area contributed by atoms with Gasteiger partial charge in [0.15, 0.2) is 5.13 Å². The molecule has 0 bridgehead atoms. The molecule has 1 aromatic carbocycles. The summed E-state index contributed by atoms with van der Waals surface area (Å²) in [7, 11) is 0. The number of carbonyl (C=O) groups excluding carboxylic acids is 1. The van der Waals surface area contributed by atoms with Crippen LogP contribution in [-0.2, 0) is 4.79 Å². The summed E-state index contributed by atoms with van der Waals surface area (Å²) in [5.41, 5.74) is 2.20. The fraction of sp³-hybridized carbons (Fsp3) is 0.154. The van der Waals surface area contributed by atoms with E-state index in [1.165, 1.54) is 11.3 Å². The highest BCUT2D eigenvalue weighted by molar-refractivity contribution is 7.14. The van der Waals surface area contributed by atoms with Gasteiger partial charge in [-0.1, -0.05) is 12.1 Å². The lowest BCUT2D eigenvalue weighted by molar-refractivity contribution is -0.135. The van der Waals surface area contributed by atoms with Crippen molar-refractivity contribution >= 4 is 34.0 Å². The molecule has 0 aliphatic rings. The first-order valence-corrected chi connectivity index (χ1v) is 6.72. The Bertz CT molecular complexity index is 639. The van der Waals surface area contributed by atoms with Crippen molar-refractivity contribution in [3.63, 3.8) is 0 Å². The van der Waals surface area contributed by atoms with Gasteiger partial charge in [0.2, 0.25) is 0 Å².